The summed E-state index contributed by atoms with van der Waals surface area (Å²) in [5.41, 5.74) is 1.40. The van der Waals surface area contributed by atoms with Crippen LogP contribution in [0.1, 0.15) is 40.1 Å². The molecule has 31 heavy (non-hydrogen) atoms. The van der Waals surface area contributed by atoms with Crippen LogP contribution in [0.5, 0.6) is 0 Å². The van der Waals surface area contributed by atoms with E-state index in [1.807, 2.05) is 18.2 Å². The zero-order chi connectivity index (χ0) is 21.8. The molecule has 0 saturated carbocycles. The molecule has 4 nitrogen and oxygen atoms in total. The molecule has 2 fully saturated rings. The van der Waals surface area contributed by atoms with Crippen LogP contribution in [0.2, 0.25) is 10.0 Å². The van der Waals surface area contributed by atoms with Gasteiger partial charge in [0.25, 0.3) is 5.91 Å². The van der Waals surface area contributed by atoms with E-state index in [0.29, 0.717) is 41.4 Å². The number of nitrogens with zero attached hydrogens (tertiary/aromatic N) is 1. The summed E-state index contributed by atoms with van der Waals surface area (Å²) in [5, 5.41) is 4.45. The van der Waals surface area contributed by atoms with Crippen molar-refractivity contribution in [2.75, 3.05) is 13.1 Å². The normalized spacial score (nSPS) is 17.6. The molecule has 5 rings (SSSR count). The first-order valence-corrected chi connectivity index (χ1v) is 11.7. The van der Waals surface area contributed by atoms with Crippen molar-refractivity contribution in [2.45, 2.75) is 31.2 Å². The van der Waals surface area contributed by atoms with Gasteiger partial charge in [-0.25, -0.2) is 4.39 Å². The van der Waals surface area contributed by atoms with Gasteiger partial charge in [-0.3, -0.25) is 9.59 Å². The molecular weight excluding hydrogens is 458 g/mol. The molecular formula is C23H19Cl2FN2O2S. The Morgan fingerprint density at radius 1 is 1.19 bits per heavy atom. The molecule has 0 radical (unpaired) electrons. The molecule has 2 aromatic carbocycles. The summed E-state index contributed by atoms with van der Waals surface area (Å²) >= 11 is 14.0. The number of nitrogens with one attached hydrogen (secondary N) is 1. The number of carbonyl (C=O) groups is 2. The number of halogens is 3. The van der Waals surface area contributed by atoms with Gasteiger partial charge in [-0.15, -0.1) is 11.3 Å². The molecule has 0 atom stereocenters. The number of fused-ring (bicyclic) bond motifs is 1. The Bertz CT molecular complexity index is 1220. The van der Waals surface area contributed by atoms with Gasteiger partial charge >= 0.3 is 0 Å². The second-order valence-corrected chi connectivity index (χ2v) is 10.1. The number of hydrogen-bond acceptors (Lipinski definition) is 3. The molecule has 8 heteroatoms. The maximum absolute atomic E-state index is 13.7. The molecule has 1 spiro atoms. The fraction of sp³-hybridized carbons (Fsp3) is 0.304. The van der Waals surface area contributed by atoms with Crippen molar-refractivity contribution in [1.82, 2.24) is 10.2 Å². The van der Waals surface area contributed by atoms with Crippen LogP contribution >= 0.6 is 34.5 Å². The number of hydrogen-bond donors (Lipinski definition) is 1. The van der Waals surface area contributed by atoms with Crippen LogP contribution in [0.25, 0.3) is 10.1 Å². The molecule has 1 aromatic heterocycles. The maximum Gasteiger partial charge on any atom is 0.265 e. The van der Waals surface area contributed by atoms with Gasteiger partial charge in [0, 0.05) is 29.6 Å². The quantitative estimate of drug-likeness (QED) is 0.547. The summed E-state index contributed by atoms with van der Waals surface area (Å²) in [5.74, 6) is -0.482. The lowest BCUT2D eigenvalue weighted by molar-refractivity contribution is -0.128. The van der Waals surface area contributed by atoms with E-state index in [9.17, 15) is 14.0 Å². The molecule has 2 amide bonds. The fourth-order valence-corrected chi connectivity index (χ4v) is 6.22. The molecule has 0 aliphatic carbocycles. The number of benzene rings is 2. The highest BCUT2D eigenvalue weighted by molar-refractivity contribution is 7.21. The van der Waals surface area contributed by atoms with Crippen molar-refractivity contribution < 1.29 is 14.0 Å². The third kappa shape index (κ3) is 3.71. The molecule has 0 bridgehead atoms. The summed E-state index contributed by atoms with van der Waals surface area (Å²) in [4.78, 5) is 27.0. The van der Waals surface area contributed by atoms with E-state index >= 15 is 0 Å². The van der Waals surface area contributed by atoms with E-state index in [1.54, 1.807) is 17.0 Å². The minimum Gasteiger partial charge on any atom is -0.347 e. The van der Waals surface area contributed by atoms with E-state index in [0.717, 1.165) is 28.5 Å². The Hall–Kier alpha value is -2.15. The second-order valence-electron chi connectivity index (χ2n) is 8.31. The summed E-state index contributed by atoms with van der Waals surface area (Å²) in [6, 6.07) is 10.6. The van der Waals surface area contributed by atoms with E-state index in [1.165, 1.54) is 17.4 Å². The molecule has 2 aliphatic rings. The molecule has 160 valence electrons. The Balaban J connectivity index is 1.37. The van der Waals surface area contributed by atoms with Crippen molar-refractivity contribution in [2.24, 2.45) is 0 Å². The SMILES string of the molecule is O=C1CCCC2(CN(C(=O)c3sc4cc(Cc5cccc(F)c5Cl)ccc4c3Cl)C2)N1. The van der Waals surface area contributed by atoms with Crippen molar-refractivity contribution in [3.05, 3.63) is 68.3 Å². The zero-order valence-corrected chi connectivity index (χ0v) is 18.8. The van der Waals surface area contributed by atoms with E-state index in [-0.39, 0.29) is 22.4 Å². The molecule has 2 aliphatic heterocycles. The lowest BCUT2D eigenvalue weighted by Crippen LogP contribution is -2.72. The second kappa shape index (κ2) is 7.76. The number of amides is 2. The smallest absolute Gasteiger partial charge is 0.265 e. The largest absolute Gasteiger partial charge is 0.347 e. The first kappa shape index (κ1) is 20.7. The zero-order valence-electron chi connectivity index (χ0n) is 16.5. The molecule has 3 heterocycles. The minimum absolute atomic E-state index is 0.0594. The Morgan fingerprint density at radius 2 is 2.00 bits per heavy atom. The van der Waals surface area contributed by atoms with Gasteiger partial charge in [-0.2, -0.15) is 0 Å². The molecule has 3 aromatic rings. The number of likely N-dealkylation sites (tertiary alicyclic amines) is 1. The van der Waals surface area contributed by atoms with Crippen LogP contribution in [-0.2, 0) is 11.2 Å². The van der Waals surface area contributed by atoms with Crippen molar-refractivity contribution in [3.8, 4) is 0 Å². The third-order valence-corrected chi connectivity index (χ3v) is 8.12. The van der Waals surface area contributed by atoms with Crippen molar-refractivity contribution in [3.63, 3.8) is 0 Å². The summed E-state index contributed by atoms with van der Waals surface area (Å²) in [7, 11) is 0. The third-order valence-electron chi connectivity index (χ3n) is 6.05. The summed E-state index contributed by atoms with van der Waals surface area (Å²) in [6.45, 7) is 1.04. The van der Waals surface area contributed by atoms with E-state index in [2.05, 4.69) is 5.32 Å². The van der Waals surface area contributed by atoms with Gasteiger partial charge in [0.2, 0.25) is 5.91 Å². The lowest BCUT2D eigenvalue weighted by atomic mass is 9.81. The number of piperidine rings is 1. The van der Waals surface area contributed by atoms with Crippen molar-refractivity contribution >= 4 is 56.4 Å². The highest BCUT2D eigenvalue weighted by Crippen LogP contribution is 2.39. The molecule has 0 unspecified atom stereocenters. The van der Waals surface area contributed by atoms with Crippen LogP contribution in [0, 0.1) is 5.82 Å². The predicted molar refractivity (Wildman–Crippen MR) is 122 cm³/mol. The van der Waals surface area contributed by atoms with Gasteiger partial charge < -0.3 is 10.2 Å². The predicted octanol–water partition coefficient (Wildman–Crippen LogP) is 5.43. The average Bonchev–Trinajstić information content (AvgIpc) is 3.05. The molecule has 1 N–H and O–H groups in total. The minimum atomic E-state index is -0.436. The first-order chi connectivity index (χ1) is 14.8. The summed E-state index contributed by atoms with van der Waals surface area (Å²) in [6.07, 6.45) is 2.80. The van der Waals surface area contributed by atoms with Gasteiger partial charge in [-0.05, 0) is 42.5 Å². The van der Waals surface area contributed by atoms with Crippen LogP contribution in [0.3, 0.4) is 0 Å². The first-order valence-electron chi connectivity index (χ1n) is 10.1. The number of carbonyl (C=O) groups excluding carboxylic acids is 2. The van der Waals surface area contributed by atoms with Crippen LogP contribution < -0.4 is 5.32 Å². The van der Waals surface area contributed by atoms with E-state index in [4.69, 9.17) is 23.2 Å². The Kier molecular flexibility index (Phi) is 5.19. The van der Waals surface area contributed by atoms with Gasteiger partial charge in [0.15, 0.2) is 0 Å². The Labute approximate surface area is 192 Å². The van der Waals surface area contributed by atoms with Gasteiger partial charge in [0.05, 0.1) is 15.6 Å². The fourth-order valence-electron chi connectivity index (χ4n) is 4.48. The summed E-state index contributed by atoms with van der Waals surface area (Å²) < 4.78 is 14.6. The topological polar surface area (TPSA) is 49.4 Å². The standard InChI is InChI=1S/C23H19Cl2FN2O2S/c24-19-14(3-1-4-16(19)26)9-13-6-7-15-17(10-13)31-21(20(15)25)22(30)28-11-23(12-28)8-2-5-18(29)27-23/h1,3-4,6-7,10H,2,5,8-9,11-12H2,(H,27,29). The molecule has 2 saturated heterocycles. The van der Waals surface area contributed by atoms with Crippen LogP contribution in [-0.4, -0.2) is 35.3 Å². The highest BCUT2D eigenvalue weighted by Gasteiger charge is 2.48. The van der Waals surface area contributed by atoms with E-state index < -0.39 is 5.82 Å². The average molecular weight is 477 g/mol. The van der Waals surface area contributed by atoms with Crippen molar-refractivity contribution in [1.29, 1.82) is 0 Å². The maximum atomic E-state index is 13.7. The lowest BCUT2D eigenvalue weighted by Gasteiger charge is -2.52. The number of thiophene rings is 1. The van der Waals surface area contributed by atoms with Gasteiger partial charge in [0.1, 0.15) is 10.7 Å². The monoisotopic (exact) mass is 476 g/mol. The highest BCUT2D eigenvalue weighted by atomic mass is 35.5. The van der Waals surface area contributed by atoms with Crippen LogP contribution in [0.4, 0.5) is 4.39 Å². The Morgan fingerprint density at radius 3 is 2.77 bits per heavy atom. The van der Waals surface area contributed by atoms with Crippen LogP contribution in [0.15, 0.2) is 36.4 Å². The van der Waals surface area contributed by atoms with Gasteiger partial charge in [-0.1, -0.05) is 47.5 Å². The number of rotatable bonds is 3.